The fourth-order valence-corrected chi connectivity index (χ4v) is 1.01. The molecule has 0 aliphatic heterocycles. The van der Waals surface area contributed by atoms with E-state index in [1.54, 1.807) is 0 Å². The van der Waals surface area contributed by atoms with Crippen molar-refractivity contribution in [1.29, 1.82) is 0 Å². The van der Waals surface area contributed by atoms with Crippen molar-refractivity contribution in [3.05, 3.63) is 24.0 Å². The first-order valence-corrected chi connectivity index (χ1v) is 4.34. The van der Waals surface area contributed by atoms with Crippen LogP contribution in [0, 0.1) is 5.92 Å². The molecule has 66 valence electrons. The third kappa shape index (κ3) is 2.53. The molecule has 0 fully saturated rings. The van der Waals surface area contributed by atoms with Crippen LogP contribution in [0.3, 0.4) is 0 Å². The van der Waals surface area contributed by atoms with Gasteiger partial charge in [0.1, 0.15) is 0 Å². The number of nitrogens with zero attached hydrogens (tertiary/aromatic N) is 2. The van der Waals surface area contributed by atoms with Crippen molar-refractivity contribution >= 4 is 6.08 Å². The molecule has 0 spiro atoms. The largest absolute Gasteiger partial charge is 0.269 e. The molecule has 0 saturated heterocycles. The molecular weight excluding hydrogens is 148 g/mol. The lowest BCUT2D eigenvalue weighted by Crippen LogP contribution is -1.92. The highest BCUT2D eigenvalue weighted by Crippen LogP contribution is 2.04. The Morgan fingerprint density at radius 1 is 1.58 bits per heavy atom. The molecule has 1 aromatic rings. The summed E-state index contributed by atoms with van der Waals surface area (Å²) in [6.07, 6.45) is 7.26. The van der Waals surface area contributed by atoms with E-state index in [1.165, 1.54) is 0 Å². The maximum atomic E-state index is 4.08. The van der Waals surface area contributed by atoms with Gasteiger partial charge < -0.3 is 0 Å². The Labute approximate surface area is 73.9 Å². The van der Waals surface area contributed by atoms with Crippen molar-refractivity contribution in [3.63, 3.8) is 0 Å². The normalized spacial score (nSPS) is 11.7. The van der Waals surface area contributed by atoms with Gasteiger partial charge in [-0.05, 0) is 24.5 Å². The van der Waals surface area contributed by atoms with Crippen LogP contribution >= 0.6 is 0 Å². The van der Waals surface area contributed by atoms with Crippen molar-refractivity contribution in [1.82, 2.24) is 9.78 Å². The van der Waals surface area contributed by atoms with Crippen molar-refractivity contribution in [2.24, 2.45) is 13.0 Å². The zero-order valence-corrected chi connectivity index (χ0v) is 7.99. The van der Waals surface area contributed by atoms with E-state index in [2.05, 4.69) is 31.1 Å². The topological polar surface area (TPSA) is 17.8 Å². The van der Waals surface area contributed by atoms with E-state index in [-0.39, 0.29) is 0 Å². The molecule has 0 N–H and O–H groups in total. The fraction of sp³-hybridized carbons (Fsp3) is 0.500. The third-order valence-electron chi connectivity index (χ3n) is 1.75. The van der Waals surface area contributed by atoms with Gasteiger partial charge in [-0.15, -0.1) is 0 Å². The van der Waals surface area contributed by atoms with E-state index in [9.17, 15) is 0 Å². The van der Waals surface area contributed by atoms with E-state index in [0.29, 0.717) is 0 Å². The molecule has 0 saturated carbocycles. The van der Waals surface area contributed by atoms with Crippen LogP contribution in [0.25, 0.3) is 6.08 Å². The quantitative estimate of drug-likeness (QED) is 0.671. The number of hydrogen-bond donors (Lipinski definition) is 0. The maximum absolute atomic E-state index is 4.08. The van der Waals surface area contributed by atoms with E-state index in [0.717, 1.165) is 18.0 Å². The van der Waals surface area contributed by atoms with Gasteiger partial charge in [-0.2, -0.15) is 5.10 Å². The van der Waals surface area contributed by atoms with Crippen LogP contribution in [0.1, 0.15) is 26.0 Å². The summed E-state index contributed by atoms with van der Waals surface area (Å²) in [6.45, 7) is 4.43. The molecule has 1 aromatic heterocycles. The molecule has 2 nitrogen and oxygen atoms in total. The van der Waals surface area contributed by atoms with Gasteiger partial charge in [-0.1, -0.05) is 19.9 Å². The zero-order valence-electron chi connectivity index (χ0n) is 7.99. The first-order valence-electron chi connectivity index (χ1n) is 4.34. The monoisotopic (exact) mass is 164 g/mol. The highest BCUT2D eigenvalue weighted by Gasteiger charge is 1.92. The number of hydrogen-bond acceptors (Lipinski definition) is 1. The Hall–Kier alpha value is -1.05. The lowest BCUT2D eigenvalue weighted by Gasteiger charge is -1.97. The van der Waals surface area contributed by atoms with Gasteiger partial charge in [0.05, 0.1) is 5.69 Å². The molecule has 2 heteroatoms. The Balaban J connectivity index is 2.52. The lowest BCUT2D eigenvalue weighted by molar-refractivity contribution is 0.664. The predicted molar refractivity (Wildman–Crippen MR) is 51.7 cm³/mol. The van der Waals surface area contributed by atoms with E-state index in [1.807, 2.05) is 24.0 Å². The second-order valence-electron chi connectivity index (χ2n) is 3.41. The van der Waals surface area contributed by atoms with Crippen LogP contribution in [0.4, 0.5) is 0 Å². The van der Waals surface area contributed by atoms with E-state index < -0.39 is 0 Å². The zero-order chi connectivity index (χ0) is 8.97. The predicted octanol–water partition coefficient (Wildman–Crippen LogP) is 2.48. The number of aryl methyl sites for hydroxylation is 1. The van der Waals surface area contributed by atoms with Gasteiger partial charge >= 0.3 is 0 Å². The summed E-state index contributed by atoms with van der Waals surface area (Å²) in [6, 6.07) is 2.01. The number of allylic oxidation sites excluding steroid dienone is 1. The minimum absolute atomic E-state index is 0.731. The van der Waals surface area contributed by atoms with Crippen LogP contribution in [0.5, 0.6) is 0 Å². The number of aromatic nitrogens is 2. The van der Waals surface area contributed by atoms with Crippen LogP contribution in [-0.4, -0.2) is 9.78 Å². The van der Waals surface area contributed by atoms with Crippen LogP contribution in [0.15, 0.2) is 18.3 Å². The summed E-state index contributed by atoms with van der Waals surface area (Å²) in [5, 5.41) is 4.08. The van der Waals surface area contributed by atoms with Gasteiger partial charge in [0.2, 0.25) is 0 Å². The Bertz CT molecular complexity index is 259. The standard InChI is InChI=1S/C10H16N2/c1-9(2)5-4-6-10-7-8-11-12(10)3/h4,6-9H,5H2,1-3H3/b6-4+. The molecular formula is C10H16N2. The van der Waals surface area contributed by atoms with Gasteiger partial charge in [0, 0.05) is 13.2 Å². The first kappa shape index (κ1) is 9.04. The van der Waals surface area contributed by atoms with Crippen LogP contribution in [0.2, 0.25) is 0 Å². The summed E-state index contributed by atoms with van der Waals surface area (Å²) in [5.74, 6) is 0.731. The molecule has 0 aromatic carbocycles. The van der Waals surface area contributed by atoms with Crippen molar-refractivity contribution in [2.75, 3.05) is 0 Å². The molecule has 0 bridgehead atoms. The first-order chi connectivity index (χ1) is 5.70. The molecule has 0 aliphatic rings. The summed E-state index contributed by atoms with van der Waals surface area (Å²) >= 11 is 0. The van der Waals surface area contributed by atoms with Crippen molar-refractivity contribution in [2.45, 2.75) is 20.3 Å². The number of rotatable bonds is 3. The minimum Gasteiger partial charge on any atom is -0.269 e. The van der Waals surface area contributed by atoms with Crippen LogP contribution < -0.4 is 0 Å². The maximum Gasteiger partial charge on any atom is 0.0603 e. The SMILES string of the molecule is CC(C)C/C=C/c1ccnn1C. The van der Waals surface area contributed by atoms with Gasteiger partial charge in [-0.3, -0.25) is 4.68 Å². The second kappa shape index (κ2) is 4.10. The van der Waals surface area contributed by atoms with Crippen molar-refractivity contribution < 1.29 is 0 Å². The average Bonchev–Trinajstić information content (AvgIpc) is 2.36. The second-order valence-corrected chi connectivity index (χ2v) is 3.41. The highest BCUT2D eigenvalue weighted by molar-refractivity contribution is 5.43. The summed E-state index contributed by atoms with van der Waals surface area (Å²) in [4.78, 5) is 0. The Morgan fingerprint density at radius 2 is 2.33 bits per heavy atom. The molecule has 12 heavy (non-hydrogen) atoms. The summed E-state index contributed by atoms with van der Waals surface area (Å²) in [7, 11) is 1.95. The summed E-state index contributed by atoms with van der Waals surface area (Å²) in [5.41, 5.74) is 1.16. The molecule has 0 atom stereocenters. The molecule has 0 aliphatic carbocycles. The molecule has 0 amide bonds. The Kier molecular flexibility index (Phi) is 3.09. The molecule has 1 rings (SSSR count). The average molecular weight is 164 g/mol. The fourth-order valence-electron chi connectivity index (χ4n) is 1.01. The van der Waals surface area contributed by atoms with E-state index in [4.69, 9.17) is 0 Å². The third-order valence-corrected chi connectivity index (χ3v) is 1.75. The highest BCUT2D eigenvalue weighted by atomic mass is 15.2. The van der Waals surface area contributed by atoms with E-state index >= 15 is 0 Å². The van der Waals surface area contributed by atoms with Gasteiger partial charge in [0.15, 0.2) is 0 Å². The minimum atomic E-state index is 0.731. The van der Waals surface area contributed by atoms with Crippen LogP contribution in [-0.2, 0) is 7.05 Å². The molecule has 0 unspecified atom stereocenters. The smallest absolute Gasteiger partial charge is 0.0603 e. The lowest BCUT2D eigenvalue weighted by atomic mass is 10.1. The molecule has 0 radical (unpaired) electrons. The van der Waals surface area contributed by atoms with Crippen molar-refractivity contribution in [3.8, 4) is 0 Å². The van der Waals surface area contributed by atoms with Gasteiger partial charge in [-0.25, -0.2) is 0 Å². The van der Waals surface area contributed by atoms with Gasteiger partial charge in [0.25, 0.3) is 0 Å². The Morgan fingerprint density at radius 3 is 2.83 bits per heavy atom. The summed E-state index contributed by atoms with van der Waals surface area (Å²) < 4.78 is 1.87. The molecule has 1 heterocycles.